The summed E-state index contributed by atoms with van der Waals surface area (Å²) in [6.07, 6.45) is 0.133. The molecular weight excluding hydrogens is 228 g/mol. The molecule has 0 bridgehead atoms. The molecular formula is C10H18N2O5. The van der Waals surface area contributed by atoms with Crippen LogP contribution in [0.4, 0.5) is 0 Å². The predicted molar refractivity (Wildman–Crippen MR) is 59.1 cm³/mol. The van der Waals surface area contributed by atoms with E-state index in [1.54, 1.807) is 0 Å². The average Bonchev–Trinajstić information content (AvgIpc) is 2.32. The summed E-state index contributed by atoms with van der Waals surface area (Å²) < 4.78 is 11.7. The number of carbonyl (C=O) groups excluding carboxylic acids is 2. The quantitative estimate of drug-likeness (QED) is 0.485. The molecule has 0 fully saturated rings. The van der Waals surface area contributed by atoms with Gasteiger partial charge in [-0.1, -0.05) is 6.92 Å². The van der Waals surface area contributed by atoms with Crippen LogP contribution in [0.5, 0.6) is 0 Å². The van der Waals surface area contributed by atoms with Crippen molar-refractivity contribution < 1.29 is 25.6 Å². The van der Waals surface area contributed by atoms with Gasteiger partial charge in [0, 0.05) is 0 Å². The van der Waals surface area contributed by atoms with Gasteiger partial charge < -0.3 is 20.9 Å². The number of nitrogens with one attached hydrogen (secondary N) is 1. The van der Waals surface area contributed by atoms with E-state index in [0.717, 1.165) is 0 Å². The summed E-state index contributed by atoms with van der Waals surface area (Å²) in [7, 11) is 0. The largest absolute Gasteiger partial charge is 0.481 e. The highest BCUT2D eigenvalue weighted by Gasteiger charge is 2.22. The Balaban J connectivity index is 4.26. The Kier molecular flexibility index (Phi) is 6.02. The minimum absolute atomic E-state index is 0.258. The van der Waals surface area contributed by atoms with Gasteiger partial charge in [0.2, 0.25) is 5.91 Å². The second kappa shape index (κ2) is 7.61. The predicted octanol–water partition coefficient (Wildman–Crippen LogP) is -0.754. The molecule has 0 unspecified atom stereocenters. The number of rotatable bonds is 8. The van der Waals surface area contributed by atoms with Gasteiger partial charge in [0.25, 0.3) is 0 Å². The molecule has 7 heteroatoms. The number of hydrogen-bond acceptors (Lipinski definition) is 5. The van der Waals surface area contributed by atoms with E-state index in [1.807, 2.05) is 12.7 Å². The maximum Gasteiger partial charge on any atom is 0.328 e. The summed E-state index contributed by atoms with van der Waals surface area (Å²) in [4.78, 5) is 33.3. The van der Waals surface area contributed by atoms with Crippen LogP contribution in [0.1, 0.15) is 26.7 Å². The van der Waals surface area contributed by atoms with Crippen LogP contribution in [-0.2, 0) is 19.1 Å². The summed E-state index contributed by atoms with van der Waals surface area (Å²) in [6.45, 7) is 3.52. The number of carboxylic acid groups (broad SMARTS) is 1. The molecule has 0 saturated heterocycles. The molecule has 0 aliphatic carbocycles. The number of ether oxygens (including phenoxy) is 1. The molecule has 0 aliphatic heterocycles. The molecule has 0 aromatic heterocycles. The van der Waals surface area contributed by atoms with Crippen molar-refractivity contribution in [2.24, 2.45) is 5.73 Å². The van der Waals surface area contributed by atoms with E-state index in [1.165, 1.54) is 6.92 Å². The zero-order chi connectivity index (χ0) is 14.1. The molecule has 0 heterocycles. The second-order valence-electron chi connectivity index (χ2n) is 3.55. The van der Waals surface area contributed by atoms with Crippen molar-refractivity contribution in [2.75, 3.05) is 6.61 Å². The Bertz CT molecular complexity index is 311. The Labute approximate surface area is 101 Å². The maximum atomic E-state index is 11.5. The highest BCUT2D eigenvalue weighted by molar-refractivity contribution is 5.89. The van der Waals surface area contributed by atoms with Gasteiger partial charge in [0.1, 0.15) is 7.45 Å². The second-order valence-corrected chi connectivity index (χ2v) is 3.55. The number of hydrogen-bond donors (Lipinski definition) is 3. The number of amides is 1. The van der Waals surface area contributed by atoms with Crippen LogP contribution in [0.15, 0.2) is 0 Å². The van der Waals surface area contributed by atoms with E-state index in [-0.39, 0.29) is 6.61 Å². The summed E-state index contributed by atoms with van der Waals surface area (Å²) >= 11 is 0. The third-order valence-electron chi connectivity index (χ3n) is 1.86. The highest BCUT2D eigenvalue weighted by Crippen LogP contribution is 1.93. The monoisotopic (exact) mass is 247 g/mol. The third kappa shape index (κ3) is 6.52. The Morgan fingerprint density at radius 1 is 1.53 bits per heavy atom. The number of nitrogens with two attached hydrogens (primary N) is 1. The molecule has 7 nitrogen and oxygen atoms in total. The van der Waals surface area contributed by atoms with Gasteiger partial charge in [-0.25, -0.2) is 4.79 Å². The first kappa shape index (κ1) is 13.4. The van der Waals surface area contributed by atoms with Crippen molar-refractivity contribution in [1.82, 2.24) is 5.32 Å². The lowest BCUT2D eigenvalue weighted by molar-refractivity contribution is -0.147. The fourth-order valence-electron chi connectivity index (χ4n) is 0.968. The molecule has 4 N–H and O–H groups in total. The van der Waals surface area contributed by atoms with E-state index >= 15 is 0 Å². The molecule has 0 aliphatic rings. The summed E-state index contributed by atoms with van der Waals surface area (Å²) in [6, 6.07) is -2.09. The van der Waals surface area contributed by atoms with Gasteiger partial charge in [-0.05, 0) is 13.3 Å². The fourth-order valence-corrected chi connectivity index (χ4v) is 0.968. The van der Waals surface area contributed by atoms with Crippen LogP contribution >= 0.6 is 0 Å². The number of carbonyl (C=O) groups is 3. The van der Waals surface area contributed by atoms with Gasteiger partial charge in [-0.15, -0.1) is 0 Å². The van der Waals surface area contributed by atoms with Crippen molar-refractivity contribution in [3.63, 3.8) is 0 Å². The third-order valence-corrected chi connectivity index (χ3v) is 1.86. The highest BCUT2D eigenvalue weighted by atomic mass is 16.5. The molecule has 1 amide bonds. The standard InChI is InChI=1S/C10H18N2O5/c1-3-4-17-10(16)6(2)12-9(15)7(11)5-8(13)14/h6-7H,3-5,11H2,1-2H3,(H,12,15)(H,13,14)/t6-,7-/m0/s1/i/hD. The van der Waals surface area contributed by atoms with Crippen LogP contribution in [0.3, 0.4) is 0 Å². The Morgan fingerprint density at radius 2 is 2.18 bits per heavy atom. The van der Waals surface area contributed by atoms with Crippen molar-refractivity contribution in [3.05, 3.63) is 0 Å². The minimum Gasteiger partial charge on any atom is -0.481 e. The molecule has 0 spiro atoms. The number of aliphatic carboxylic acids is 1. The summed E-state index contributed by atoms with van der Waals surface area (Å²) in [5.41, 5.74) is 1.83. The zero-order valence-corrected chi connectivity index (χ0v) is 9.86. The van der Waals surface area contributed by atoms with Crippen molar-refractivity contribution in [1.29, 1.82) is 0 Å². The molecule has 2 atom stereocenters. The minimum atomic E-state index is -1.21. The van der Waals surface area contributed by atoms with Crippen molar-refractivity contribution in [2.45, 2.75) is 38.8 Å². The van der Waals surface area contributed by atoms with E-state index in [9.17, 15) is 14.4 Å². The molecule has 98 valence electrons. The van der Waals surface area contributed by atoms with Gasteiger partial charge in [0.05, 0.1) is 19.1 Å². The number of carboxylic acids is 1. The molecule has 0 radical (unpaired) electrons. The lowest BCUT2D eigenvalue weighted by Crippen LogP contribution is -2.48. The van der Waals surface area contributed by atoms with Crippen LogP contribution in [0.25, 0.3) is 0 Å². The zero-order valence-electron chi connectivity index (χ0n) is 10.9. The normalized spacial score (nSPS) is 14.4. The average molecular weight is 247 g/mol. The van der Waals surface area contributed by atoms with Crippen LogP contribution in [0.2, 0.25) is 1.41 Å². The Hall–Kier alpha value is -1.63. The Morgan fingerprint density at radius 3 is 2.65 bits per heavy atom. The van der Waals surface area contributed by atoms with Crippen molar-refractivity contribution in [3.8, 4) is 0 Å². The van der Waals surface area contributed by atoms with Gasteiger partial charge >= 0.3 is 11.9 Å². The molecule has 0 saturated carbocycles. The fraction of sp³-hybridized carbons (Fsp3) is 0.700. The topological polar surface area (TPSA) is 119 Å². The molecule has 0 aromatic rings. The van der Waals surface area contributed by atoms with Crippen LogP contribution in [-0.4, -0.2) is 41.6 Å². The van der Waals surface area contributed by atoms with Crippen LogP contribution < -0.4 is 11.0 Å². The van der Waals surface area contributed by atoms with E-state index in [4.69, 9.17) is 11.3 Å². The molecule has 0 aromatic carbocycles. The SMILES string of the molecule is [2H]N[C@@H](CC(=O)O)C(=O)N[C@@H](C)C(=O)OCCC. The van der Waals surface area contributed by atoms with E-state index in [2.05, 4.69) is 5.32 Å². The lowest BCUT2D eigenvalue weighted by Gasteiger charge is -2.15. The molecule has 17 heavy (non-hydrogen) atoms. The first-order valence-corrected chi connectivity index (χ1v) is 5.28. The van der Waals surface area contributed by atoms with Crippen LogP contribution in [0, 0.1) is 0 Å². The molecule has 0 rings (SSSR count). The van der Waals surface area contributed by atoms with E-state index < -0.39 is 36.4 Å². The first-order valence-electron chi connectivity index (χ1n) is 5.78. The number of esters is 1. The van der Waals surface area contributed by atoms with Gasteiger partial charge in [-0.3, -0.25) is 9.59 Å². The van der Waals surface area contributed by atoms with Gasteiger partial charge in [0.15, 0.2) is 0 Å². The first-order chi connectivity index (χ1) is 8.42. The van der Waals surface area contributed by atoms with Gasteiger partial charge in [-0.2, -0.15) is 0 Å². The lowest BCUT2D eigenvalue weighted by atomic mass is 10.2. The smallest absolute Gasteiger partial charge is 0.328 e. The van der Waals surface area contributed by atoms with E-state index in [0.29, 0.717) is 6.42 Å². The summed E-state index contributed by atoms with van der Waals surface area (Å²) in [5, 5.41) is 10.8. The summed E-state index contributed by atoms with van der Waals surface area (Å²) in [5.74, 6) is -2.53. The maximum absolute atomic E-state index is 11.5. The van der Waals surface area contributed by atoms with Crippen molar-refractivity contribution >= 4 is 17.8 Å².